The number of esters is 1. The molecule has 7 unspecified atom stereocenters. The van der Waals surface area contributed by atoms with Crippen molar-refractivity contribution < 1.29 is 49.3 Å². The van der Waals surface area contributed by atoms with Gasteiger partial charge in [0.25, 0.3) is 0 Å². The molecular weight excluding hydrogens is 1050 g/mol. The number of carbonyl (C=O) groups excluding carboxylic acids is 2. The van der Waals surface area contributed by atoms with Gasteiger partial charge in [-0.25, -0.2) is 0 Å². The second-order valence-corrected chi connectivity index (χ2v) is 24.6. The van der Waals surface area contributed by atoms with Gasteiger partial charge in [0, 0.05) is 12.8 Å². The fourth-order valence-electron chi connectivity index (χ4n) is 10.9. The maximum absolute atomic E-state index is 13.0. The Balaban J connectivity index is 1.91. The number of carbonyl (C=O) groups is 2. The number of aliphatic hydroxyl groups is 5. The predicted octanol–water partition coefficient (Wildman–Crippen LogP) is 18.1. The molecule has 1 heterocycles. The fourth-order valence-corrected chi connectivity index (χ4v) is 10.9. The summed E-state index contributed by atoms with van der Waals surface area (Å²) in [4.78, 5) is 25.0. The summed E-state index contributed by atoms with van der Waals surface area (Å²) in [5.41, 5.74) is 0. The van der Waals surface area contributed by atoms with Crippen LogP contribution in [0.15, 0.2) is 60.8 Å². The highest BCUT2D eigenvalue weighted by Crippen LogP contribution is 2.23. The zero-order chi connectivity index (χ0) is 60.9. The van der Waals surface area contributed by atoms with E-state index in [1.165, 1.54) is 238 Å². The summed E-state index contributed by atoms with van der Waals surface area (Å²) < 4.78 is 16.7. The van der Waals surface area contributed by atoms with Crippen LogP contribution in [0.25, 0.3) is 0 Å². The first kappa shape index (κ1) is 79.4. The van der Waals surface area contributed by atoms with Crippen LogP contribution in [0.2, 0.25) is 0 Å². The topological polar surface area (TPSA) is 175 Å². The molecule has 490 valence electrons. The second-order valence-electron chi connectivity index (χ2n) is 24.6. The minimum atomic E-state index is -1.58. The molecule has 1 fully saturated rings. The minimum absolute atomic E-state index is 0.000571. The SMILES string of the molecule is CCCCC/C=C\CCCCCCCC(=O)OCCCCCCCCCCCCC/C=C\C/C=C\CCCCCCCCCCCCCCCCCCCC(=O)NC(COC1OC(CO)C(O)C(O)C1O)C(O)/C=C/CC/C=C/CCCCC. The lowest BCUT2D eigenvalue weighted by molar-refractivity contribution is -0.302. The van der Waals surface area contributed by atoms with Gasteiger partial charge in [0.2, 0.25) is 5.91 Å². The van der Waals surface area contributed by atoms with Crippen molar-refractivity contribution in [3.05, 3.63) is 60.8 Å². The van der Waals surface area contributed by atoms with Gasteiger partial charge in [0.1, 0.15) is 24.4 Å². The van der Waals surface area contributed by atoms with E-state index in [9.17, 15) is 35.1 Å². The summed E-state index contributed by atoms with van der Waals surface area (Å²) in [5, 5.41) is 54.2. The molecule has 0 aromatic heterocycles. The van der Waals surface area contributed by atoms with Gasteiger partial charge in [-0.05, 0) is 103 Å². The third-order valence-corrected chi connectivity index (χ3v) is 16.6. The van der Waals surface area contributed by atoms with Crippen LogP contribution < -0.4 is 5.32 Å². The van der Waals surface area contributed by atoms with E-state index in [0.717, 1.165) is 64.2 Å². The van der Waals surface area contributed by atoms with E-state index < -0.39 is 49.5 Å². The highest BCUT2D eigenvalue weighted by Gasteiger charge is 2.44. The fraction of sp³-hybridized carbons (Fsp3) is 0.836. The molecule has 1 amide bonds. The van der Waals surface area contributed by atoms with Gasteiger partial charge in [0.05, 0.1) is 32.0 Å². The summed E-state index contributed by atoms with van der Waals surface area (Å²) in [6.07, 6.45) is 72.5. The van der Waals surface area contributed by atoms with Crippen LogP contribution in [-0.2, 0) is 23.8 Å². The smallest absolute Gasteiger partial charge is 0.305 e. The van der Waals surface area contributed by atoms with E-state index in [1.807, 2.05) is 6.08 Å². The number of hydrogen-bond acceptors (Lipinski definition) is 10. The van der Waals surface area contributed by atoms with Gasteiger partial charge in [-0.3, -0.25) is 9.59 Å². The monoisotopic (exact) mass is 1180 g/mol. The zero-order valence-corrected chi connectivity index (χ0v) is 54.4. The molecular formula is C73H133NO10. The molecule has 1 rings (SSSR count). The highest BCUT2D eigenvalue weighted by atomic mass is 16.7. The molecule has 11 nitrogen and oxygen atoms in total. The minimum Gasteiger partial charge on any atom is -0.466 e. The summed E-state index contributed by atoms with van der Waals surface area (Å²) in [7, 11) is 0. The molecule has 1 aliphatic heterocycles. The largest absolute Gasteiger partial charge is 0.466 e. The number of rotatable bonds is 62. The van der Waals surface area contributed by atoms with Crippen LogP contribution in [-0.4, -0.2) is 100 Å². The van der Waals surface area contributed by atoms with E-state index >= 15 is 0 Å². The Morgan fingerprint density at radius 2 is 0.810 bits per heavy atom. The normalized spacial score (nSPS) is 18.4. The van der Waals surface area contributed by atoms with Crippen LogP contribution in [0.3, 0.4) is 0 Å². The summed E-state index contributed by atoms with van der Waals surface area (Å²) >= 11 is 0. The van der Waals surface area contributed by atoms with Crippen LogP contribution in [0, 0.1) is 0 Å². The molecule has 7 atom stereocenters. The standard InChI is InChI=1S/C73H133NO10/c1-3-5-7-9-11-13-14-41-45-49-53-57-61-69(78)82-62-58-54-50-46-42-39-37-35-33-31-29-27-25-23-21-19-17-15-16-18-20-22-24-26-28-30-32-34-36-38-40-44-48-52-56-60-68(77)74-65(66(76)59-55-51-47-43-12-10-8-6-4-2)64-83-73-72(81)71(80)70(79)67(63-75)84-73/h11-13,17,19,23,25,43,55,59,65-67,70-73,75-76,79-81H,3-10,14-16,18,20-22,24,26-42,44-54,56-58,60-64H2,1-2H3,(H,74,77)/b13-11-,19-17-,25-23-,43-12+,59-55+. The average Bonchev–Trinajstić information content (AvgIpc) is 3.66. The van der Waals surface area contributed by atoms with Gasteiger partial charge in [-0.1, -0.05) is 274 Å². The summed E-state index contributed by atoms with van der Waals surface area (Å²) in [6.45, 7) is 4.27. The quantitative estimate of drug-likeness (QED) is 0.0195. The Morgan fingerprint density at radius 3 is 1.25 bits per heavy atom. The Labute approximate surface area is 516 Å². The first-order chi connectivity index (χ1) is 41.2. The third-order valence-electron chi connectivity index (χ3n) is 16.6. The lowest BCUT2D eigenvalue weighted by Gasteiger charge is -2.40. The maximum atomic E-state index is 13.0. The van der Waals surface area contributed by atoms with Gasteiger partial charge in [-0.15, -0.1) is 0 Å². The van der Waals surface area contributed by atoms with Crippen molar-refractivity contribution in [3.63, 3.8) is 0 Å². The zero-order valence-electron chi connectivity index (χ0n) is 54.4. The van der Waals surface area contributed by atoms with Gasteiger partial charge in [-0.2, -0.15) is 0 Å². The molecule has 0 aromatic rings. The molecule has 0 aromatic carbocycles. The van der Waals surface area contributed by atoms with Gasteiger partial charge >= 0.3 is 5.97 Å². The first-order valence-corrected chi connectivity index (χ1v) is 35.6. The molecule has 0 saturated carbocycles. The number of amides is 1. The van der Waals surface area contributed by atoms with Crippen LogP contribution >= 0.6 is 0 Å². The Morgan fingerprint density at radius 1 is 0.440 bits per heavy atom. The predicted molar refractivity (Wildman–Crippen MR) is 352 cm³/mol. The first-order valence-electron chi connectivity index (χ1n) is 35.6. The van der Waals surface area contributed by atoms with Crippen molar-refractivity contribution in [2.24, 2.45) is 0 Å². The lowest BCUT2D eigenvalue weighted by Crippen LogP contribution is -2.60. The third kappa shape index (κ3) is 50.4. The summed E-state index contributed by atoms with van der Waals surface area (Å²) in [5.74, 6) is -0.192. The van der Waals surface area contributed by atoms with Crippen molar-refractivity contribution in [2.45, 2.75) is 371 Å². The molecule has 1 saturated heterocycles. The van der Waals surface area contributed by atoms with E-state index in [-0.39, 0.29) is 18.5 Å². The molecule has 0 bridgehead atoms. The molecule has 6 N–H and O–H groups in total. The number of ether oxygens (including phenoxy) is 3. The maximum Gasteiger partial charge on any atom is 0.305 e. The molecule has 0 radical (unpaired) electrons. The molecule has 0 spiro atoms. The van der Waals surface area contributed by atoms with E-state index in [4.69, 9.17) is 14.2 Å². The Hall–Kier alpha value is -2.64. The van der Waals surface area contributed by atoms with Crippen molar-refractivity contribution in [1.82, 2.24) is 5.32 Å². The number of nitrogens with one attached hydrogen (secondary N) is 1. The average molecular weight is 1180 g/mol. The number of hydrogen-bond donors (Lipinski definition) is 6. The van der Waals surface area contributed by atoms with Crippen molar-refractivity contribution in [3.8, 4) is 0 Å². The molecule has 1 aliphatic rings. The Kier molecular flexibility index (Phi) is 58.6. The van der Waals surface area contributed by atoms with E-state index in [2.05, 4.69) is 67.8 Å². The van der Waals surface area contributed by atoms with Crippen LogP contribution in [0.1, 0.15) is 328 Å². The Bertz CT molecular complexity index is 1580. The van der Waals surface area contributed by atoms with Crippen molar-refractivity contribution in [2.75, 3.05) is 19.8 Å². The van der Waals surface area contributed by atoms with E-state index in [1.54, 1.807) is 6.08 Å². The summed E-state index contributed by atoms with van der Waals surface area (Å²) in [6, 6.07) is -0.825. The molecule has 0 aliphatic carbocycles. The van der Waals surface area contributed by atoms with Gasteiger partial charge < -0.3 is 45.1 Å². The van der Waals surface area contributed by atoms with Crippen molar-refractivity contribution in [1.29, 1.82) is 0 Å². The number of unbranched alkanes of at least 4 members (excludes halogenated alkanes) is 40. The molecule has 11 heteroatoms. The number of aliphatic hydroxyl groups excluding tert-OH is 5. The van der Waals surface area contributed by atoms with Crippen molar-refractivity contribution >= 4 is 11.9 Å². The van der Waals surface area contributed by atoms with Crippen LogP contribution in [0.5, 0.6) is 0 Å². The van der Waals surface area contributed by atoms with Gasteiger partial charge in [0.15, 0.2) is 6.29 Å². The van der Waals surface area contributed by atoms with E-state index in [0.29, 0.717) is 19.4 Å². The second kappa shape index (κ2) is 62.0. The highest BCUT2D eigenvalue weighted by molar-refractivity contribution is 5.76. The van der Waals surface area contributed by atoms with Crippen LogP contribution in [0.4, 0.5) is 0 Å². The molecule has 84 heavy (non-hydrogen) atoms. The number of allylic oxidation sites excluding steroid dienone is 9. The lowest BCUT2D eigenvalue weighted by atomic mass is 9.99.